The molecule has 12 heavy (non-hydrogen) atoms. The number of ether oxygens (including phenoxy) is 1. The van der Waals surface area contributed by atoms with Gasteiger partial charge in [0.15, 0.2) is 0 Å². The van der Waals surface area contributed by atoms with Gasteiger partial charge in [-0.2, -0.15) is 0 Å². The van der Waals surface area contributed by atoms with Crippen LogP contribution < -0.4 is 5.32 Å². The van der Waals surface area contributed by atoms with Gasteiger partial charge in [0.25, 0.3) is 0 Å². The van der Waals surface area contributed by atoms with Crippen LogP contribution in [0.3, 0.4) is 0 Å². The van der Waals surface area contributed by atoms with E-state index in [0.717, 1.165) is 0 Å². The highest BCUT2D eigenvalue weighted by Crippen LogP contribution is 1.87. The number of halogens is 1. The van der Waals surface area contributed by atoms with Gasteiger partial charge in [0, 0.05) is 13.0 Å². The molecular weight excluding hydrogens is 226 g/mol. The molecule has 0 aromatic heterocycles. The van der Waals surface area contributed by atoms with Crippen LogP contribution in [0.15, 0.2) is 0 Å². The van der Waals surface area contributed by atoms with Crippen molar-refractivity contribution in [1.29, 1.82) is 0 Å². The van der Waals surface area contributed by atoms with E-state index < -0.39 is 6.09 Å². The minimum Gasteiger partial charge on any atom is -0.450 e. The van der Waals surface area contributed by atoms with E-state index in [-0.39, 0.29) is 5.78 Å². The van der Waals surface area contributed by atoms with E-state index in [4.69, 9.17) is 0 Å². The van der Waals surface area contributed by atoms with Crippen LogP contribution in [0.2, 0.25) is 0 Å². The molecule has 0 saturated carbocycles. The van der Waals surface area contributed by atoms with Crippen LogP contribution in [0.1, 0.15) is 13.3 Å². The molecule has 0 aliphatic rings. The quantitative estimate of drug-likeness (QED) is 0.729. The molecular formula is C7H12BrNO3. The van der Waals surface area contributed by atoms with Gasteiger partial charge in [-0.1, -0.05) is 15.9 Å². The first-order chi connectivity index (χ1) is 5.70. The lowest BCUT2D eigenvalue weighted by Gasteiger charge is -2.02. The fourth-order valence-electron chi connectivity index (χ4n) is 0.553. The SMILES string of the molecule is CCOC(=O)NCCC(=O)CBr. The summed E-state index contributed by atoms with van der Waals surface area (Å²) >= 11 is 3.02. The molecule has 0 bridgehead atoms. The van der Waals surface area contributed by atoms with E-state index in [1.165, 1.54) is 0 Å². The largest absolute Gasteiger partial charge is 0.450 e. The van der Waals surface area contributed by atoms with Gasteiger partial charge in [0.1, 0.15) is 5.78 Å². The molecule has 5 heteroatoms. The number of amides is 1. The Morgan fingerprint density at radius 3 is 2.67 bits per heavy atom. The summed E-state index contributed by atoms with van der Waals surface area (Å²) in [5.74, 6) is 0.0619. The van der Waals surface area contributed by atoms with Gasteiger partial charge in [-0.25, -0.2) is 4.79 Å². The van der Waals surface area contributed by atoms with Crippen LogP contribution in [0, 0.1) is 0 Å². The van der Waals surface area contributed by atoms with Crippen LogP contribution in [0.25, 0.3) is 0 Å². The Morgan fingerprint density at radius 2 is 2.17 bits per heavy atom. The molecule has 0 saturated heterocycles. The minimum atomic E-state index is -0.472. The number of nitrogens with one attached hydrogen (secondary N) is 1. The van der Waals surface area contributed by atoms with Gasteiger partial charge in [-0.15, -0.1) is 0 Å². The Kier molecular flexibility index (Phi) is 6.75. The lowest BCUT2D eigenvalue weighted by Crippen LogP contribution is -2.26. The lowest BCUT2D eigenvalue weighted by molar-refractivity contribution is -0.116. The molecule has 0 aromatic carbocycles. The Morgan fingerprint density at radius 1 is 1.50 bits per heavy atom. The molecule has 0 aromatic rings. The zero-order valence-corrected chi connectivity index (χ0v) is 8.52. The molecule has 1 amide bonds. The summed E-state index contributed by atoms with van der Waals surface area (Å²) < 4.78 is 4.58. The fourth-order valence-corrected chi connectivity index (χ4v) is 0.833. The highest BCUT2D eigenvalue weighted by Gasteiger charge is 2.01. The van der Waals surface area contributed by atoms with Crippen molar-refractivity contribution in [3.63, 3.8) is 0 Å². The third-order valence-corrected chi connectivity index (χ3v) is 1.72. The van der Waals surface area contributed by atoms with E-state index in [1.807, 2.05) is 0 Å². The van der Waals surface area contributed by atoms with Crippen LogP contribution in [-0.2, 0) is 9.53 Å². The number of alkyl carbamates (subject to hydrolysis) is 1. The van der Waals surface area contributed by atoms with Crippen LogP contribution in [-0.4, -0.2) is 30.4 Å². The molecule has 0 unspecified atom stereocenters. The first kappa shape index (κ1) is 11.4. The monoisotopic (exact) mass is 237 g/mol. The molecule has 0 radical (unpaired) electrons. The molecule has 1 N–H and O–H groups in total. The van der Waals surface area contributed by atoms with Gasteiger partial charge in [-0.05, 0) is 6.92 Å². The van der Waals surface area contributed by atoms with Gasteiger partial charge in [0.05, 0.1) is 11.9 Å². The van der Waals surface area contributed by atoms with Crippen LogP contribution >= 0.6 is 15.9 Å². The maximum atomic E-state index is 10.7. The standard InChI is InChI=1S/C7H12BrNO3/c1-2-12-7(11)9-4-3-6(10)5-8/h2-5H2,1H3,(H,9,11). The van der Waals surface area contributed by atoms with E-state index in [1.54, 1.807) is 6.92 Å². The summed E-state index contributed by atoms with van der Waals surface area (Å²) in [4.78, 5) is 21.4. The number of carbonyl (C=O) groups excluding carboxylic acids is 2. The Balaban J connectivity index is 3.30. The summed E-state index contributed by atoms with van der Waals surface area (Å²) in [5.41, 5.74) is 0. The number of rotatable bonds is 5. The fraction of sp³-hybridized carbons (Fsp3) is 0.714. The Labute approximate surface area is 79.8 Å². The van der Waals surface area contributed by atoms with Crippen molar-refractivity contribution < 1.29 is 14.3 Å². The maximum Gasteiger partial charge on any atom is 0.407 e. The highest BCUT2D eigenvalue weighted by atomic mass is 79.9. The number of alkyl halides is 1. The molecule has 4 nitrogen and oxygen atoms in total. The van der Waals surface area contributed by atoms with Crippen molar-refractivity contribution in [3.05, 3.63) is 0 Å². The topological polar surface area (TPSA) is 55.4 Å². The summed E-state index contributed by atoms with van der Waals surface area (Å²) in [6, 6.07) is 0. The van der Waals surface area contributed by atoms with Crippen LogP contribution in [0.4, 0.5) is 4.79 Å². The first-order valence-corrected chi connectivity index (χ1v) is 4.81. The second-order valence-corrected chi connectivity index (χ2v) is 2.63. The van der Waals surface area contributed by atoms with E-state index in [2.05, 4.69) is 26.0 Å². The van der Waals surface area contributed by atoms with E-state index in [9.17, 15) is 9.59 Å². The molecule has 0 fully saturated rings. The summed E-state index contributed by atoms with van der Waals surface area (Å²) in [6.45, 7) is 2.41. The van der Waals surface area contributed by atoms with Gasteiger partial charge in [-0.3, -0.25) is 4.79 Å². The normalized spacial score (nSPS) is 9.17. The third-order valence-electron chi connectivity index (χ3n) is 1.10. The summed E-state index contributed by atoms with van der Waals surface area (Å²) in [6.07, 6.45) is -0.135. The lowest BCUT2D eigenvalue weighted by atomic mass is 10.3. The average Bonchev–Trinajstić information content (AvgIpc) is 2.04. The molecule has 0 atom stereocenters. The molecule has 0 aliphatic carbocycles. The molecule has 0 rings (SSSR count). The number of hydrogen-bond donors (Lipinski definition) is 1. The van der Waals surface area contributed by atoms with Crippen molar-refractivity contribution >= 4 is 27.8 Å². The smallest absolute Gasteiger partial charge is 0.407 e. The Bertz CT molecular complexity index is 161. The van der Waals surface area contributed by atoms with Crippen molar-refractivity contribution in [1.82, 2.24) is 5.32 Å². The van der Waals surface area contributed by atoms with Gasteiger partial charge >= 0.3 is 6.09 Å². The molecule has 0 spiro atoms. The predicted octanol–water partition coefficient (Wildman–Crippen LogP) is 1.09. The number of Topliss-reactive ketones (excluding diaryl/α,β-unsaturated/α-hetero) is 1. The first-order valence-electron chi connectivity index (χ1n) is 3.69. The second kappa shape index (κ2) is 7.09. The zero-order chi connectivity index (χ0) is 9.40. The minimum absolute atomic E-state index is 0.0619. The van der Waals surface area contributed by atoms with E-state index in [0.29, 0.717) is 24.9 Å². The van der Waals surface area contributed by atoms with E-state index >= 15 is 0 Å². The predicted molar refractivity (Wildman–Crippen MR) is 48.4 cm³/mol. The van der Waals surface area contributed by atoms with Gasteiger partial charge in [0.2, 0.25) is 0 Å². The highest BCUT2D eigenvalue weighted by molar-refractivity contribution is 9.09. The summed E-state index contributed by atoms with van der Waals surface area (Å²) in [5, 5.41) is 2.78. The van der Waals surface area contributed by atoms with Crippen molar-refractivity contribution in [3.8, 4) is 0 Å². The van der Waals surface area contributed by atoms with Crippen molar-refractivity contribution in [2.75, 3.05) is 18.5 Å². The molecule has 0 aliphatic heterocycles. The summed E-state index contributed by atoms with van der Waals surface area (Å²) in [7, 11) is 0. The Hall–Kier alpha value is -0.580. The van der Waals surface area contributed by atoms with Gasteiger partial charge < -0.3 is 10.1 Å². The number of ketones is 1. The molecule has 70 valence electrons. The second-order valence-electron chi connectivity index (χ2n) is 2.07. The number of carbonyl (C=O) groups is 2. The van der Waals surface area contributed by atoms with Crippen LogP contribution in [0.5, 0.6) is 0 Å². The van der Waals surface area contributed by atoms with Crippen molar-refractivity contribution in [2.24, 2.45) is 0 Å². The zero-order valence-electron chi connectivity index (χ0n) is 6.93. The average molecular weight is 238 g/mol. The molecule has 0 heterocycles. The van der Waals surface area contributed by atoms with Crippen molar-refractivity contribution in [2.45, 2.75) is 13.3 Å². The maximum absolute atomic E-state index is 10.7. The number of hydrogen-bond acceptors (Lipinski definition) is 3. The third kappa shape index (κ3) is 6.15.